The number of rotatable bonds is 3. The molecule has 2 aromatic carbocycles. The summed E-state index contributed by atoms with van der Waals surface area (Å²) in [6.07, 6.45) is 0.621. The van der Waals surface area contributed by atoms with Crippen molar-refractivity contribution in [1.82, 2.24) is 0 Å². The van der Waals surface area contributed by atoms with Crippen molar-refractivity contribution in [2.24, 2.45) is 0 Å². The lowest BCUT2D eigenvalue weighted by Gasteiger charge is -2.12. The molecule has 19 heavy (non-hydrogen) atoms. The molecule has 0 aliphatic carbocycles. The first-order chi connectivity index (χ1) is 8.97. The summed E-state index contributed by atoms with van der Waals surface area (Å²) >= 11 is 9.70. The van der Waals surface area contributed by atoms with Crippen molar-refractivity contribution in [2.75, 3.05) is 0 Å². The monoisotopic (exact) mass is 340 g/mol. The minimum atomic E-state index is -0.361. The minimum Gasteiger partial charge on any atom is -0.207 e. The molecule has 0 N–H and O–H groups in total. The van der Waals surface area contributed by atoms with Crippen LogP contribution in [0.15, 0.2) is 40.9 Å². The summed E-state index contributed by atoms with van der Waals surface area (Å²) < 4.78 is 14.6. The van der Waals surface area contributed by atoms with Gasteiger partial charge in [0.05, 0.1) is 5.38 Å². The Morgan fingerprint density at radius 2 is 1.84 bits per heavy atom. The van der Waals surface area contributed by atoms with Gasteiger partial charge in [0.1, 0.15) is 5.82 Å². The van der Waals surface area contributed by atoms with Gasteiger partial charge in [-0.1, -0.05) is 34.1 Å². The molecule has 0 saturated carbocycles. The topological polar surface area (TPSA) is 0 Å². The van der Waals surface area contributed by atoms with Crippen molar-refractivity contribution in [1.29, 1.82) is 0 Å². The van der Waals surface area contributed by atoms with Gasteiger partial charge in [-0.05, 0) is 55.2 Å². The zero-order valence-electron chi connectivity index (χ0n) is 10.9. The van der Waals surface area contributed by atoms with Crippen molar-refractivity contribution >= 4 is 27.5 Å². The molecule has 0 aromatic heterocycles. The van der Waals surface area contributed by atoms with Gasteiger partial charge in [0.15, 0.2) is 0 Å². The first kappa shape index (κ1) is 14.5. The van der Waals surface area contributed by atoms with Crippen LogP contribution in [0.1, 0.15) is 27.6 Å². The van der Waals surface area contributed by atoms with E-state index in [9.17, 15) is 4.39 Å². The van der Waals surface area contributed by atoms with Gasteiger partial charge in [-0.15, -0.1) is 11.6 Å². The molecule has 0 bridgehead atoms. The van der Waals surface area contributed by atoms with Gasteiger partial charge in [0.25, 0.3) is 0 Å². The van der Waals surface area contributed by atoms with Gasteiger partial charge in [-0.25, -0.2) is 4.39 Å². The quantitative estimate of drug-likeness (QED) is 0.626. The average molecular weight is 342 g/mol. The smallest absolute Gasteiger partial charge is 0.127 e. The van der Waals surface area contributed by atoms with Crippen molar-refractivity contribution in [2.45, 2.75) is 25.6 Å². The molecular formula is C16H15BrClF. The Kier molecular flexibility index (Phi) is 4.64. The van der Waals surface area contributed by atoms with E-state index >= 15 is 0 Å². The van der Waals surface area contributed by atoms with Gasteiger partial charge >= 0.3 is 0 Å². The van der Waals surface area contributed by atoms with Crippen LogP contribution >= 0.6 is 27.5 Å². The summed E-state index contributed by atoms with van der Waals surface area (Å²) in [5.41, 5.74) is 4.15. The molecule has 0 amide bonds. The van der Waals surface area contributed by atoms with Gasteiger partial charge in [0.2, 0.25) is 0 Å². The molecule has 0 spiro atoms. The molecule has 2 aromatic rings. The zero-order chi connectivity index (χ0) is 14.0. The van der Waals surface area contributed by atoms with Crippen LogP contribution in [-0.4, -0.2) is 0 Å². The highest BCUT2D eigenvalue weighted by molar-refractivity contribution is 9.10. The molecule has 0 fully saturated rings. The van der Waals surface area contributed by atoms with E-state index in [2.05, 4.69) is 41.9 Å². The standard InChI is InChI=1S/C16H15BrClF/c1-10-3-4-12(7-11(10)2)8-15(18)14-9-13(17)5-6-16(14)19/h3-7,9,15H,8H2,1-2H3. The number of hydrogen-bond donors (Lipinski definition) is 0. The third-order valence-electron chi connectivity index (χ3n) is 3.28. The zero-order valence-corrected chi connectivity index (χ0v) is 13.2. The first-order valence-electron chi connectivity index (χ1n) is 6.12. The fraction of sp³-hybridized carbons (Fsp3) is 0.250. The van der Waals surface area contributed by atoms with Crippen LogP contribution < -0.4 is 0 Å². The Morgan fingerprint density at radius 1 is 1.11 bits per heavy atom. The summed E-state index contributed by atoms with van der Waals surface area (Å²) in [4.78, 5) is 0. The van der Waals surface area contributed by atoms with Crippen molar-refractivity contribution in [3.63, 3.8) is 0 Å². The van der Waals surface area contributed by atoms with E-state index in [0.717, 1.165) is 10.0 Å². The van der Waals surface area contributed by atoms with Crippen molar-refractivity contribution < 1.29 is 4.39 Å². The predicted molar refractivity (Wildman–Crippen MR) is 82.3 cm³/mol. The Bertz CT molecular complexity index is 595. The Balaban J connectivity index is 2.22. The second-order valence-corrected chi connectivity index (χ2v) is 6.20. The maximum atomic E-state index is 13.8. The van der Waals surface area contributed by atoms with Crippen LogP contribution in [0.25, 0.3) is 0 Å². The summed E-state index contributed by atoms with van der Waals surface area (Å²) in [5, 5.41) is -0.361. The molecule has 3 heteroatoms. The van der Waals surface area contributed by atoms with E-state index in [1.807, 2.05) is 6.07 Å². The third-order valence-corrected chi connectivity index (χ3v) is 4.16. The maximum absolute atomic E-state index is 13.8. The average Bonchev–Trinajstić information content (AvgIpc) is 2.36. The van der Waals surface area contributed by atoms with Crippen LogP contribution in [0.2, 0.25) is 0 Å². The summed E-state index contributed by atoms with van der Waals surface area (Å²) in [6.45, 7) is 4.15. The largest absolute Gasteiger partial charge is 0.207 e. The molecule has 0 radical (unpaired) electrons. The number of hydrogen-bond acceptors (Lipinski definition) is 0. The van der Waals surface area contributed by atoms with Gasteiger partial charge < -0.3 is 0 Å². The normalized spacial score (nSPS) is 12.5. The van der Waals surface area contributed by atoms with E-state index in [1.165, 1.54) is 17.2 Å². The highest BCUT2D eigenvalue weighted by Gasteiger charge is 2.14. The van der Waals surface area contributed by atoms with Crippen LogP contribution in [0.3, 0.4) is 0 Å². The minimum absolute atomic E-state index is 0.257. The maximum Gasteiger partial charge on any atom is 0.127 e. The molecule has 0 aliphatic rings. The van der Waals surface area contributed by atoms with E-state index in [-0.39, 0.29) is 11.2 Å². The molecule has 0 saturated heterocycles. The lowest BCUT2D eigenvalue weighted by molar-refractivity contribution is 0.605. The molecule has 1 atom stereocenters. The van der Waals surface area contributed by atoms with E-state index in [0.29, 0.717) is 12.0 Å². The first-order valence-corrected chi connectivity index (χ1v) is 7.35. The lowest BCUT2D eigenvalue weighted by atomic mass is 10.00. The van der Waals surface area contributed by atoms with E-state index < -0.39 is 0 Å². The molecule has 0 nitrogen and oxygen atoms in total. The molecule has 2 rings (SSSR count). The highest BCUT2D eigenvalue weighted by Crippen LogP contribution is 2.29. The van der Waals surface area contributed by atoms with Crippen LogP contribution in [0, 0.1) is 19.7 Å². The number of benzene rings is 2. The summed E-state index contributed by atoms with van der Waals surface area (Å²) in [6, 6.07) is 11.1. The molecular weight excluding hydrogens is 327 g/mol. The highest BCUT2D eigenvalue weighted by atomic mass is 79.9. The van der Waals surface area contributed by atoms with Crippen molar-refractivity contribution in [3.8, 4) is 0 Å². The Hall–Kier alpha value is -0.860. The van der Waals surface area contributed by atoms with E-state index in [4.69, 9.17) is 11.6 Å². The SMILES string of the molecule is Cc1ccc(CC(Cl)c2cc(Br)ccc2F)cc1C. The Labute approximate surface area is 126 Å². The number of halogens is 3. The van der Waals surface area contributed by atoms with Gasteiger partial charge in [-0.3, -0.25) is 0 Å². The van der Waals surface area contributed by atoms with Gasteiger partial charge in [-0.2, -0.15) is 0 Å². The second-order valence-electron chi connectivity index (χ2n) is 4.76. The second kappa shape index (κ2) is 6.06. The number of aryl methyl sites for hydroxylation is 2. The molecule has 0 aliphatic heterocycles. The van der Waals surface area contributed by atoms with E-state index in [1.54, 1.807) is 12.1 Å². The molecule has 1 unspecified atom stereocenters. The third kappa shape index (κ3) is 3.58. The fourth-order valence-corrected chi connectivity index (χ4v) is 2.73. The van der Waals surface area contributed by atoms with Gasteiger partial charge in [0, 0.05) is 10.0 Å². The fourth-order valence-electron chi connectivity index (χ4n) is 2.00. The summed E-state index contributed by atoms with van der Waals surface area (Å²) in [7, 11) is 0. The summed E-state index contributed by atoms with van der Waals surface area (Å²) in [5.74, 6) is -0.257. The van der Waals surface area contributed by atoms with Crippen LogP contribution in [0.5, 0.6) is 0 Å². The Morgan fingerprint density at radius 3 is 2.53 bits per heavy atom. The van der Waals surface area contributed by atoms with Crippen LogP contribution in [0.4, 0.5) is 4.39 Å². The lowest BCUT2D eigenvalue weighted by Crippen LogP contribution is -2.00. The number of alkyl halides is 1. The predicted octanol–water partition coefficient (Wildman–Crippen LogP) is 5.73. The molecule has 100 valence electrons. The van der Waals surface area contributed by atoms with Crippen LogP contribution in [-0.2, 0) is 6.42 Å². The van der Waals surface area contributed by atoms with Crippen molar-refractivity contribution in [3.05, 3.63) is 68.9 Å². The molecule has 0 heterocycles.